The smallest absolute Gasteiger partial charge is 0.415 e. The monoisotopic (exact) mass is 387 g/mol. The van der Waals surface area contributed by atoms with Crippen LogP contribution in [0.2, 0.25) is 0 Å². The average Bonchev–Trinajstić information content (AvgIpc) is 3.19. The van der Waals surface area contributed by atoms with Gasteiger partial charge in [0.15, 0.2) is 0 Å². The van der Waals surface area contributed by atoms with Crippen LogP contribution < -0.4 is 10.1 Å². The van der Waals surface area contributed by atoms with Gasteiger partial charge in [0.2, 0.25) is 0 Å². The van der Waals surface area contributed by atoms with Crippen molar-refractivity contribution < 1.29 is 24.4 Å². The molecule has 1 fully saturated rings. The van der Waals surface area contributed by atoms with Gasteiger partial charge < -0.3 is 30.2 Å². The second kappa shape index (κ2) is 6.51. The first-order valence-electron chi connectivity index (χ1n) is 8.65. The van der Waals surface area contributed by atoms with Crippen molar-refractivity contribution >= 4 is 23.5 Å². The number of aromatic nitrogens is 2. The minimum Gasteiger partial charge on any atom is -0.478 e. The van der Waals surface area contributed by atoms with Gasteiger partial charge in [-0.05, 0) is 29.2 Å². The Morgan fingerprint density at radius 2 is 1.93 bits per heavy atom. The molecule has 3 heterocycles. The second-order valence-corrected chi connectivity index (χ2v) is 6.85. The van der Waals surface area contributed by atoms with Crippen LogP contribution in [0.25, 0.3) is 0 Å². The largest absolute Gasteiger partial charge is 0.478 e. The molecule has 11 nitrogen and oxygen atoms in total. The highest BCUT2D eigenvalue weighted by Crippen LogP contribution is 2.37. The van der Waals surface area contributed by atoms with Crippen molar-refractivity contribution in [3.63, 3.8) is 0 Å². The number of hydrogen-bond acceptors (Lipinski definition) is 6. The fourth-order valence-corrected chi connectivity index (χ4v) is 3.48. The van der Waals surface area contributed by atoms with Crippen LogP contribution in [0, 0.1) is 10.1 Å². The van der Waals surface area contributed by atoms with E-state index >= 15 is 0 Å². The van der Waals surface area contributed by atoms with Crippen LogP contribution in [0.15, 0.2) is 30.5 Å². The number of piperidine rings is 1. The molecule has 1 aromatic heterocycles. The van der Waals surface area contributed by atoms with Crippen molar-refractivity contribution in [3.8, 4) is 6.01 Å². The van der Waals surface area contributed by atoms with E-state index in [-0.39, 0.29) is 23.4 Å². The Hall–Kier alpha value is -3.63. The number of carbonyl (C=O) groups excluding carboxylic acids is 1. The van der Waals surface area contributed by atoms with E-state index in [0.717, 1.165) is 0 Å². The third-order valence-electron chi connectivity index (χ3n) is 5.03. The number of ether oxygens (including phenoxy) is 1. The minimum absolute atomic E-state index is 0.147. The van der Waals surface area contributed by atoms with E-state index in [0.29, 0.717) is 38.2 Å². The Labute approximate surface area is 158 Å². The Morgan fingerprint density at radius 3 is 2.50 bits per heavy atom. The second-order valence-electron chi connectivity index (χ2n) is 6.85. The molecule has 0 atom stereocenters. The third kappa shape index (κ3) is 3.21. The number of likely N-dealkylation sites (tertiary alicyclic amines) is 1. The number of hydrogen-bond donors (Lipinski definition) is 2. The third-order valence-corrected chi connectivity index (χ3v) is 5.03. The van der Waals surface area contributed by atoms with Crippen molar-refractivity contribution in [2.45, 2.75) is 25.0 Å². The van der Waals surface area contributed by atoms with Crippen molar-refractivity contribution in [1.82, 2.24) is 14.5 Å². The maximum absolute atomic E-state index is 12.4. The number of nitrogens with zero attached hydrogens (tertiary/aromatic N) is 4. The molecule has 0 bridgehead atoms. The number of anilines is 1. The normalized spacial score (nSPS) is 17.1. The summed E-state index contributed by atoms with van der Waals surface area (Å²) in [7, 11) is 0. The summed E-state index contributed by atoms with van der Waals surface area (Å²) < 4.78 is 7.52. The van der Waals surface area contributed by atoms with Crippen LogP contribution in [0.3, 0.4) is 0 Å². The molecule has 4 rings (SSSR count). The topological polar surface area (TPSA) is 140 Å². The van der Waals surface area contributed by atoms with Crippen LogP contribution in [0.5, 0.6) is 6.01 Å². The van der Waals surface area contributed by atoms with E-state index in [4.69, 9.17) is 9.84 Å². The van der Waals surface area contributed by atoms with E-state index in [1.54, 1.807) is 21.6 Å². The molecule has 28 heavy (non-hydrogen) atoms. The van der Waals surface area contributed by atoms with Crippen LogP contribution in [-0.2, 0) is 6.54 Å². The van der Waals surface area contributed by atoms with Crippen molar-refractivity contribution in [1.29, 1.82) is 0 Å². The van der Waals surface area contributed by atoms with E-state index in [2.05, 4.69) is 10.3 Å². The molecule has 0 radical (unpaired) electrons. The maximum Gasteiger partial charge on any atom is 0.415 e. The number of carbonyl (C=O) groups is 2. The molecular weight excluding hydrogens is 370 g/mol. The average molecular weight is 387 g/mol. The number of nitrogens with one attached hydrogen (secondary N) is 1. The molecule has 0 unspecified atom stereocenters. The summed E-state index contributed by atoms with van der Waals surface area (Å²) in [6, 6.07) is 5.90. The van der Waals surface area contributed by atoms with Gasteiger partial charge in [-0.2, -0.15) is 0 Å². The van der Waals surface area contributed by atoms with Crippen LogP contribution in [-0.4, -0.2) is 55.2 Å². The van der Waals surface area contributed by atoms with Gasteiger partial charge in [0.25, 0.3) is 0 Å². The van der Waals surface area contributed by atoms with Gasteiger partial charge in [-0.15, -0.1) is 0 Å². The zero-order chi connectivity index (χ0) is 19.9. The number of carboxylic acid groups (broad SMARTS) is 1. The van der Waals surface area contributed by atoms with Gasteiger partial charge >= 0.3 is 23.8 Å². The first-order chi connectivity index (χ1) is 13.3. The van der Waals surface area contributed by atoms with E-state index < -0.39 is 16.5 Å². The van der Waals surface area contributed by atoms with E-state index in [1.807, 2.05) is 0 Å². The van der Waals surface area contributed by atoms with Crippen LogP contribution in [0.1, 0.15) is 23.2 Å². The lowest BCUT2D eigenvalue weighted by Crippen LogP contribution is -2.50. The lowest BCUT2D eigenvalue weighted by Gasteiger charge is -2.37. The summed E-state index contributed by atoms with van der Waals surface area (Å²) in [4.78, 5) is 39.1. The summed E-state index contributed by atoms with van der Waals surface area (Å²) >= 11 is 0. The zero-order valence-electron chi connectivity index (χ0n) is 14.7. The standard InChI is InChI=1S/C17H17N5O6/c23-14(24)11-1-3-12(4-2-11)18-15(25)20-7-5-17(6-8-20)10-21-9-13(22(26)27)19-16(21)28-17/h1-4,9H,5-8,10H2,(H,18,25)(H,23,24). The van der Waals surface area contributed by atoms with Crippen molar-refractivity contribution in [3.05, 3.63) is 46.1 Å². The number of carboxylic acids is 1. The summed E-state index contributed by atoms with van der Waals surface area (Å²) in [5.74, 6) is -1.27. The zero-order valence-corrected chi connectivity index (χ0v) is 14.7. The highest BCUT2D eigenvalue weighted by atomic mass is 16.6. The van der Waals surface area contributed by atoms with Crippen molar-refractivity contribution in [2.75, 3.05) is 18.4 Å². The molecule has 11 heteroatoms. The Bertz CT molecular complexity index is 920. The summed E-state index contributed by atoms with van der Waals surface area (Å²) in [6.07, 6.45) is 2.52. The molecule has 1 saturated heterocycles. The fraction of sp³-hybridized carbons (Fsp3) is 0.353. The number of rotatable bonds is 3. The number of nitro groups is 1. The van der Waals surface area contributed by atoms with Gasteiger partial charge in [-0.1, -0.05) is 0 Å². The molecule has 0 aliphatic carbocycles. The first kappa shape index (κ1) is 17.8. The van der Waals surface area contributed by atoms with Crippen molar-refractivity contribution in [2.24, 2.45) is 0 Å². The summed E-state index contributed by atoms with van der Waals surface area (Å²) in [5, 5.41) is 22.4. The van der Waals surface area contributed by atoms with Gasteiger partial charge in [0.05, 0.1) is 12.1 Å². The van der Waals surface area contributed by atoms with Crippen LogP contribution >= 0.6 is 0 Å². The number of aromatic carboxylic acids is 1. The lowest BCUT2D eigenvalue weighted by molar-refractivity contribution is -0.389. The maximum atomic E-state index is 12.4. The summed E-state index contributed by atoms with van der Waals surface area (Å²) in [5.41, 5.74) is 0.158. The Kier molecular flexibility index (Phi) is 4.13. The molecule has 1 spiro atoms. The van der Waals surface area contributed by atoms with Gasteiger partial charge in [0, 0.05) is 36.6 Å². The van der Waals surface area contributed by atoms with Crippen LogP contribution in [0.4, 0.5) is 16.3 Å². The number of imidazole rings is 1. The van der Waals surface area contributed by atoms with Gasteiger partial charge in [-0.25, -0.2) is 9.59 Å². The number of urea groups is 1. The minimum atomic E-state index is -1.03. The molecule has 2 aliphatic rings. The summed E-state index contributed by atoms with van der Waals surface area (Å²) in [6.45, 7) is 1.40. The molecule has 1 aromatic carbocycles. The predicted octanol–water partition coefficient (Wildman–Crippen LogP) is 1.95. The van der Waals surface area contributed by atoms with E-state index in [9.17, 15) is 19.7 Å². The fourth-order valence-electron chi connectivity index (χ4n) is 3.48. The van der Waals surface area contributed by atoms with E-state index in [1.165, 1.54) is 18.3 Å². The molecule has 2 amide bonds. The highest BCUT2D eigenvalue weighted by Gasteiger charge is 2.46. The number of amides is 2. The Balaban J connectivity index is 1.34. The number of fused-ring (bicyclic) bond motifs is 1. The lowest BCUT2D eigenvalue weighted by atomic mass is 9.91. The van der Waals surface area contributed by atoms with Gasteiger partial charge in [-0.3, -0.25) is 4.57 Å². The number of benzene rings is 1. The highest BCUT2D eigenvalue weighted by molar-refractivity contribution is 5.91. The molecule has 0 saturated carbocycles. The predicted molar refractivity (Wildman–Crippen MR) is 95.5 cm³/mol. The molecule has 2 N–H and O–H groups in total. The Morgan fingerprint density at radius 1 is 1.25 bits per heavy atom. The molecule has 146 valence electrons. The molecule has 2 aromatic rings. The molecular formula is C17H17N5O6. The molecule has 2 aliphatic heterocycles. The quantitative estimate of drug-likeness (QED) is 0.606. The first-order valence-corrected chi connectivity index (χ1v) is 8.65. The SMILES string of the molecule is O=C(O)c1ccc(NC(=O)N2CCC3(CC2)Cn2cc([N+](=O)[O-])nc2O3)cc1. The van der Waals surface area contributed by atoms with Gasteiger partial charge in [0.1, 0.15) is 11.8 Å².